The summed E-state index contributed by atoms with van der Waals surface area (Å²) in [5, 5.41) is 6.49. The molecule has 156 valence electrons. The standard InChI is InChI=1S/C20H22F2N2O5/c1-13(15-6-4-5-7-16(15)26-2)24-19(25)12-28-23-11-14-8-9-17(29-20(21)22)18(10-14)27-3/h4-11,13,20H,12H2,1-3H3,(H,24,25)/b23-11+. The molecule has 9 heteroatoms. The van der Waals surface area contributed by atoms with Gasteiger partial charge in [0.2, 0.25) is 0 Å². The first-order valence-electron chi connectivity index (χ1n) is 8.65. The van der Waals surface area contributed by atoms with Crippen molar-refractivity contribution in [3.8, 4) is 17.2 Å². The minimum absolute atomic E-state index is 0.0923. The minimum atomic E-state index is -2.96. The van der Waals surface area contributed by atoms with Crippen LogP contribution < -0.4 is 19.5 Å². The molecule has 0 fully saturated rings. The van der Waals surface area contributed by atoms with Gasteiger partial charge in [-0.25, -0.2) is 0 Å². The Labute approximate surface area is 167 Å². The fourth-order valence-electron chi connectivity index (χ4n) is 2.54. The summed E-state index contributed by atoms with van der Waals surface area (Å²) in [5.74, 6) is 0.342. The van der Waals surface area contributed by atoms with Crippen LogP contribution in [0.4, 0.5) is 8.78 Å². The average molecular weight is 408 g/mol. The van der Waals surface area contributed by atoms with Gasteiger partial charge in [-0.05, 0) is 31.2 Å². The summed E-state index contributed by atoms with van der Waals surface area (Å²) in [7, 11) is 2.89. The van der Waals surface area contributed by atoms with Crippen molar-refractivity contribution in [3.05, 3.63) is 53.6 Å². The maximum Gasteiger partial charge on any atom is 0.387 e. The number of carbonyl (C=O) groups is 1. The third kappa shape index (κ3) is 6.63. The number of carbonyl (C=O) groups excluding carboxylic acids is 1. The number of hydrogen-bond acceptors (Lipinski definition) is 6. The number of nitrogens with one attached hydrogen (secondary N) is 1. The number of para-hydroxylation sites is 1. The van der Waals surface area contributed by atoms with Crippen LogP contribution in [-0.2, 0) is 9.63 Å². The Morgan fingerprint density at radius 1 is 1.10 bits per heavy atom. The van der Waals surface area contributed by atoms with Crippen LogP contribution >= 0.6 is 0 Å². The molecule has 2 aromatic carbocycles. The Hall–Kier alpha value is -3.36. The molecule has 0 saturated carbocycles. The molecule has 0 bridgehead atoms. The highest BCUT2D eigenvalue weighted by Gasteiger charge is 2.14. The van der Waals surface area contributed by atoms with Gasteiger partial charge in [-0.2, -0.15) is 8.78 Å². The molecule has 0 aliphatic carbocycles. The van der Waals surface area contributed by atoms with Gasteiger partial charge < -0.3 is 24.4 Å². The minimum Gasteiger partial charge on any atom is -0.496 e. The van der Waals surface area contributed by atoms with Crippen LogP contribution in [0, 0.1) is 0 Å². The predicted octanol–water partition coefficient (Wildman–Crippen LogP) is 3.53. The van der Waals surface area contributed by atoms with Crippen molar-refractivity contribution in [2.24, 2.45) is 5.16 Å². The molecule has 0 aliphatic heterocycles. The molecule has 1 unspecified atom stereocenters. The van der Waals surface area contributed by atoms with Crippen LogP contribution in [0.15, 0.2) is 47.6 Å². The molecule has 29 heavy (non-hydrogen) atoms. The number of hydrogen-bond donors (Lipinski definition) is 1. The maximum atomic E-state index is 12.3. The molecule has 1 N–H and O–H groups in total. The zero-order valence-electron chi connectivity index (χ0n) is 16.2. The summed E-state index contributed by atoms with van der Waals surface area (Å²) in [6, 6.07) is 11.4. The lowest BCUT2D eigenvalue weighted by Crippen LogP contribution is -2.29. The normalized spacial score (nSPS) is 11.9. The second-order valence-corrected chi connectivity index (χ2v) is 5.83. The van der Waals surface area contributed by atoms with Crippen molar-refractivity contribution in [2.75, 3.05) is 20.8 Å². The lowest BCUT2D eigenvalue weighted by Gasteiger charge is -2.16. The summed E-state index contributed by atoms with van der Waals surface area (Å²) in [6.45, 7) is -1.42. The van der Waals surface area contributed by atoms with Gasteiger partial charge in [0.25, 0.3) is 5.91 Å². The Kier molecular flexibility index (Phi) is 8.20. The molecule has 7 nitrogen and oxygen atoms in total. The van der Waals surface area contributed by atoms with Gasteiger partial charge in [-0.15, -0.1) is 0 Å². The number of methoxy groups -OCH3 is 2. The molecule has 0 aliphatic rings. The van der Waals surface area contributed by atoms with Gasteiger partial charge in [-0.3, -0.25) is 4.79 Å². The van der Waals surface area contributed by atoms with Crippen molar-refractivity contribution in [3.63, 3.8) is 0 Å². The number of ether oxygens (including phenoxy) is 3. The molecule has 0 aromatic heterocycles. The third-order valence-corrected chi connectivity index (χ3v) is 3.86. The summed E-state index contributed by atoms with van der Waals surface area (Å²) in [6.07, 6.45) is 1.33. The number of amides is 1. The van der Waals surface area contributed by atoms with E-state index in [9.17, 15) is 13.6 Å². The van der Waals surface area contributed by atoms with Crippen molar-refractivity contribution < 1.29 is 32.6 Å². The number of rotatable bonds is 10. The number of alkyl halides is 2. The number of halogens is 2. The first-order chi connectivity index (χ1) is 13.9. The Morgan fingerprint density at radius 2 is 1.83 bits per heavy atom. The molecular formula is C20H22F2N2O5. The molecule has 1 amide bonds. The van der Waals surface area contributed by atoms with E-state index >= 15 is 0 Å². The Morgan fingerprint density at radius 3 is 2.52 bits per heavy atom. The number of nitrogens with zero attached hydrogens (tertiary/aromatic N) is 1. The second-order valence-electron chi connectivity index (χ2n) is 5.83. The molecule has 1 atom stereocenters. The van der Waals surface area contributed by atoms with Gasteiger partial charge in [0, 0.05) is 11.1 Å². The quantitative estimate of drug-likeness (QED) is 0.481. The summed E-state index contributed by atoms with van der Waals surface area (Å²) in [5.41, 5.74) is 1.36. The zero-order chi connectivity index (χ0) is 21.2. The fraction of sp³-hybridized carbons (Fsp3) is 0.300. The van der Waals surface area contributed by atoms with E-state index in [2.05, 4.69) is 15.2 Å². The van der Waals surface area contributed by atoms with Crippen molar-refractivity contribution in [1.82, 2.24) is 5.32 Å². The molecule has 0 saturated heterocycles. The highest BCUT2D eigenvalue weighted by atomic mass is 19.3. The fourth-order valence-corrected chi connectivity index (χ4v) is 2.54. The van der Waals surface area contributed by atoms with Gasteiger partial charge >= 0.3 is 6.61 Å². The molecule has 2 rings (SSSR count). The van der Waals surface area contributed by atoms with Gasteiger partial charge in [-0.1, -0.05) is 23.4 Å². The average Bonchev–Trinajstić information content (AvgIpc) is 2.71. The van der Waals surface area contributed by atoms with E-state index in [0.29, 0.717) is 11.3 Å². The monoisotopic (exact) mass is 408 g/mol. The van der Waals surface area contributed by atoms with Crippen LogP contribution in [0.3, 0.4) is 0 Å². The second kappa shape index (κ2) is 10.8. The lowest BCUT2D eigenvalue weighted by atomic mass is 10.1. The third-order valence-electron chi connectivity index (χ3n) is 3.86. The van der Waals surface area contributed by atoms with E-state index in [0.717, 1.165) is 5.56 Å². The van der Waals surface area contributed by atoms with Crippen molar-refractivity contribution >= 4 is 12.1 Å². The largest absolute Gasteiger partial charge is 0.496 e. The van der Waals surface area contributed by atoms with Crippen LogP contribution in [0.5, 0.6) is 17.2 Å². The smallest absolute Gasteiger partial charge is 0.387 e. The highest BCUT2D eigenvalue weighted by molar-refractivity contribution is 5.81. The van der Waals surface area contributed by atoms with E-state index in [1.54, 1.807) is 7.11 Å². The molecule has 2 aromatic rings. The lowest BCUT2D eigenvalue weighted by molar-refractivity contribution is -0.126. The summed E-state index contributed by atoms with van der Waals surface area (Å²) < 4.78 is 39.3. The topological polar surface area (TPSA) is 78.4 Å². The van der Waals surface area contributed by atoms with Gasteiger partial charge in [0.05, 0.1) is 26.5 Å². The van der Waals surface area contributed by atoms with Gasteiger partial charge in [0.1, 0.15) is 5.75 Å². The van der Waals surface area contributed by atoms with E-state index in [4.69, 9.17) is 14.3 Å². The maximum absolute atomic E-state index is 12.3. The van der Waals surface area contributed by atoms with Crippen LogP contribution in [0.1, 0.15) is 24.1 Å². The number of oxime groups is 1. The molecular weight excluding hydrogens is 386 g/mol. The van der Waals surface area contributed by atoms with Crippen molar-refractivity contribution in [1.29, 1.82) is 0 Å². The van der Waals surface area contributed by atoms with E-state index in [-0.39, 0.29) is 30.1 Å². The van der Waals surface area contributed by atoms with Crippen LogP contribution in [-0.4, -0.2) is 39.6 Å². The number of benzene rings is 2. The van der Waals surface area contributed by atoms with Crippen molar-refractivity contribution in [2.45, 2.75) is 19.6 Å². The zero-order valence-corrected chi connectivity index (χ0v) is 16.2. The van der Waals surface area contributed by atoms with E-state index in [1.807, 2.05) is 31.2 Å². The predicted molar refractivity (Wildman–Crippen MR) is 103 cm³/mol. The first kappa shape index (κ1) is 21.9. The molecule has 0 radical (unpaired) electrons. The summed E-state index contributed by atoms with van der Waals surface area (Å²) >= 11 is 0. The first-order valence-corrected chi connectivity index (χ1v) is 8.65. The van der Waals surface area contributed by atoms with Crippen LogP contribution in [0.25, 0.3) is 0 Å². The van der Waals surface area contributed by atoms with Crippen LogP contribution in [0.2, 0.25) is 0 Å². The molecule has 0 heterocycles. The van der Waals surface area contributed by atoms with E-state index < -0.39 is 6.61 Å². The molecule has 0 spiro atoms. The summed E-state index contributed by atoms with van der Waals surface area (Å²) in [4.78, 5) is 17.0. The highest BCUT2D eigenvalue weighted by Crippen LogP contribution is 2.29. The van der Waals surface area contributed by atoms with Gasteiger partial charge in [0.15, 0.2) is 18.1 Å². The Bertz CT molecular complexity index is 845. The van der Waals surface area contributed by atoms with E-state index in [1.165, 1.54) is 31.5 Å². The SMILES string of the molecule is COc1cc(/C=N/OCC(=O)NC(C)c2ccccc2OC)ccc1OC(F)F. The Balaban J connectivity index is 1.87.